The first kappa shape index (κ1) is 15.1. The Morgan fingerprint density at radius 3 is 2.70 bits per heavy atom. The number of carbonyl (C=O) groups is 1. The number of rotatable bonds is 3. The minimum Gasteiger partial charge on any atom is -0.366 e. The van der Waals surface area contributed by atoms with Crippen LogP contribution in [-0.4, -0.2) is 5.91 Å². The van der Waals surface area contributed by atoms with Crippen molar-refractivity contribution in [2.24, 2.45) is 17.6 Å². The van der Waals surface area contributed by atoms with Crippen molar-refractivity contribution in [2.45, 2.75) is 58.8 Å². The Morgan fingerprint density at radius 1 is 1.40 bits per heavy atom. The second kappa shape index (κ2) is 5.59. The summed E-state index contributed by atoms with van der Waals surface area (Å²) in [6.45, 7) is 9.27. The molecular weight excluding hydrogens is 246 g/mol. The molecule has 0 aliphatic heterocycles. The fourth-order valence-corrected chi connectivity index (χ4v) is 3.85. The van der Waals surface area contributed by atoms with Gasteiger partial charge in [0.15, 0.2) is 0 Å². The molecule has 0 heterocycles. The third kappa shape index (κ3) is 2.48. The van der Waals surface area contributed by atoms with Crippen molar-refractivity contribution in [3.8, 4) is 0 Å². The van der Waals surface area contributed by atoms with Crippen LogP contribution in [0.2, 0.25) is 0 Å². The summed E-state index contributed by atoms with van der Waals surface area (Å²) in [5.74, 6) is 1.04. The molecule has 3 atom stereocenters. The Labute approximate surface area is 122 Å². The Kier molecular flexibility index (Phi) is 4.22. The van der Waals surface area contributed by atoms with E-state index in [1.165, 1.54) is 30.4 Å². The first-order chi connectivity index (χ1) is 9.40. The molecule has 0 saturated heterocycles. The second-order valence-electron chi connectivity index (χ2n) is 6.67. The molecule has 2 rings (SSSR count). The Bertz CT molecular complexity index is 508. The van der Waals surface area contributed by atoms with Gasteiger partial charge in [0, 0.05) is 5.56 Å². The van der Waals surface area contributed by atoms with E-state index >= 15 is 0 Å². The first-order valence-corrected chi connectivity index (χ1v) is 7.83. The normalized spacial score (nSPS) is 30.2. The molecule has 0 spiro atoms. The highest BCUT2D eigenvalue weighted by Gasteiger charge is 2.40. The molecule has 110 valence electrons. The van der Waals surface area contributed by atoms with Gasteiger partial charge in [0.1, 0.15) is 0 Å². The number of benzene rings is 1. The van der Waals surface area contributed by atoms with Crippen LogP contribution in [0, 0.1) is 11.8 Å². The number of nitrogens with two attached hydrogens (primary N) is 1. The van der Waals surface area contributed by atoms with Crippen LogP contribution in [0.15, 0.2) is 18.2 Å². The fourth-order valence-electron chi connectivity index (χ4n) is 3.85. The van der Waals surface area contributed by atoms with Crippen molar-refractivity contribution in [1.82, 2.24) is 0 Å². The van der Waals surface area contributed by atoms with Crippen molar-refractivity contribution in [3.05, 3.63) is 34.9 Å². The molecule has 1 amide bonds. The predicted octanol–water partition coefficient (Wildman–Crippen LogP) is 4.06. The highest BCUT2D eigenvalue weighted by atomic mass is 16.1. The zero-order valence-corrected chi connectivity index (χ0v) is 13.2. The van der Waals surface area contributed by atoms with Crippen LogP contribution in [0.25, 0.3) is 0 Å². The number of primary amides is 1. The van der Waals surface area contributed by atoms with Crippen LogP contribution in [0.3, 0.4) is 0 Å². The lowest BCUT2D eigenvalue weighted by Gasteiger charge is -2.45. The summed E-state index contributed by atoms with van der Waals surface area (Å²) in [7, 11) is 0. The molecule has 2 nitrogen and oxygen atoms in total. The predicted molar refractivity (Wildman–Crippen MR) is 83.9 cm³/mol. The van der Waals surface area contributed by atoms with E-state index in [0.717, 1.165) is 12.3 Å². The smallest absolute Gasteiger partial charge is 0.248 e. The van der Waals surface area contributed by atoms with E-state index in [1.807, 2.05) is 6.07 Å². The summed E-state index contributed by atoms with van der Waals surface area (Å²) in [4.78, 5) is 11.5. The van der Waals surface area contributed by atoms with Crippen molar-refractivity contribution < 1.29 is 4.79 Å². The van der Waals surface area contributed by atoms with E-state index in [9.17, 15) is 4.79 Å². The van der Waals surface area contributed by atoms with Crippen LogP contribution < -0.4 is 5.73 Å². The molecule has 0 bridgehead atoms. The summed E-state index contributed by atoms with van der Waals surface area (Å²) < 4.78 is 0. The maximum absolute atomic E-state index is 11.5. The van der Waals surface area contributed by atoms with Gasteiger partial charge in [-0.3, -0.25) is 4.79 Å². The van der Waals surface area contributed by atoms with Gasteiger partial charge in [-0.05, 0) is 53.4 Å². The van der Waals surface area contributed by atoms with E-state index in [4.69, 9.17) is 5.73 Å². The van der Waals surface area contributed by atoms with E-state index < -0.39 is 0 Å². The molecule has 1 aromatic rings. The molecule has 0 aromatic heterocycles. The van der Waals surface area contributed by atoms with Crippen molar-refractivity contribution in [2.75, 3.05) is 0 Å². The Hall–Kier alpha value is -1.31. The molecule has 1 aliphatic rings. The molecular formula is C18H27NO. The molecule has 1 aromatic carbocycles. The van der Waals surface area contributed by atoms with E-state index in [1.54, 1.807) is 0 Å². The molecule has 1 unspecified atom stereocenters. The number of hydrogen-bond donors (Lipinski definition) is 1. The third-order valence-corrected chi connectivity index (χ3v) is 5.60. The molecule has 1 saturated carbocycles. The Balaban J connectivity index is 2.53. The summed E-state index contributed by atoms with van der Waals surface area (Å²) >= 11 is 0. The lowest BCUT2D eigenvalue weighted by atomic mass is 9.60. The van der Waals surface area contributed by atoms with Crippen molar-refractivity contribution >= 4 is 5.91 Å². The highest BCUT2D eigenvalue weighted by Crippen LogP contribution is 2.47. The number of aryl methyl sites for hydroxylation is 1. The van der Waals surface area contributed by atoms with Crippen LogP contribution >= 0.6 is 0 Å². The monoisotopic (exact) mass is 273 g/mol. The molecule has 2 N–H and O–H groups in total. The fraction of sp³-hybridized carbons (Fsp3) is 0.611. The van der Waals surface area contributed by atoms with Gasteiger partial charge in [0.05, 0.1) is 0 Å². The van der Waals surface area contributed by atoms with Gasteiger partial charge >= 0.3 is 0 Å². The summed E-state index contributed by atoms with van der Waals surface area (Å²) in [6, 6.07) is 6.01. The van der Waals surface area contributed by atoms with E-state index in [-0.39, 0.29) is 11.3 Å². The first-order valence-electron chi connectivity index (χ1n) is 7.83. The van der Waals surface area contributed by atoms with Gasteiger partial charge < -0.3 is 5.73 Å². The van der Waals surface area contributed by atoms with E-state index in [0.29, 0.717) is 11.5 Å². The van der Waals surface area contributed by atoms with Crippen LogP contribution in [-0.2, 0) is 11.8 Å². The van der Waals surface area contributed by atoms with Gasteiger partial charge in [-0.15, -0.1) is 0 Å². The molecule has 0 radical (unpaired) electrons. The van der Waals surface area contributed by atoms with Gasteiger partial charge in [0.2, 0.25) is 5.91 Å². The minimum absolute atomic E-state index is 0.161. The number of carbonyl (C=O) groups excluding carboxylic acids is 1. The largest absolute Gasteiger partial charge is 0.366 e. The Morgan fingerprint density at radius 2 is 2.10 bits per heavy atom. The lowest BCUT2D eigenvalue weighted by Crippen LogP contribution is -2.39. The zero-order valence-electron chi connectivity index (χ0n) is 13.2. The number of amides is 1. The van der Waals surface area contributed by atoms with Crippen molar-refractivity contribution in [1.29, 1.82) is 0 Å². The van der Waals surface area contributed by atoms with Crippen LogP contribution in [0.1, 0.15) is 68.4 Å². The highest BCUT2D eigenvalue weighted by molar-refractivity contribution is 5.93. The summed E-state index contributed by atoms with van der Waals surface area (Å²) in [5.41, 5.74) is 8.98. The van der Waals surface area contributed by atoms with Gasteiger partial charge in [-0.2, -0.15) is 0 Å². The van der Waals surface area contributed by atoms with Crippen LogP contribution in [0.4, 0.5) is 0 Å². The van der Waals surface area contributed by atoms with Crippen LogP contribution in [0.5, 0.6) is 0 Å². The number of hydrogen-bond acceptors (Lipinski definition) is 1. The molecule has 1 aliphatic carbocycles. The maximum Gasteiger partial charge on any atom is 0.248 e. The summed E-state index contributed by atoms with van der Waals surface area (Å²) in [5, 5.41) is 0. The quantitative estimate of drug-likeness (QED) is 0.886. The zero-order chi connectivity index (χ0) is 14.9. The van der Waals surface area contributed by atoms with Gasteiger partial charge in [-0.25, -0.2) is 0 Å². The van der Waals surface area contributed by atoms with Crippen molar-refractivity contribution in [3.63, 3.8) is 0 Å². The topological polar surface area (TPSA) is 43.1 Å². The minimum atomic E-state index is -0.325. The lowest BCUT2D eigenvalue weighted by molar-refractivity contribution is 0.0999. The standard InChI is InChI=1S/C18H27NO/c1-5-14-8-9-15(17(19)20)11-16(14)18(4)10-6-7-12(2)13(18)3/h8-9,11-13H,5-7,10H2,1-4H3,(H2,19,20)/t12-,13-,18?/m0/s1. The molecule has 1 fully saturated rings. The second-order valence-corrected chi connectivity index (χ2v) is 6.67. The average Bonchev–Trinajstić information content (AvgIpc) is 2.44. The summed E-state index contributed by atoms with van der Waals surface area (Å²) in [6.07, 6.45) is 4.79. The van der Waals surface area contributed by atoms with E-state index in [2.05, 4.69) is 39.8 Å². The molecule has 20 heavy (non-hydrogen) atoms. The van der Waals surface area contributed by atoms with Gasteiger partial charge in [-0.1, -0.05) is 46.6 Å². The SMILES string of the molecule is CCc1ccc(C(N)=O)cc1C1(C)CCC[C@H](C)[C@@H]1C. The third-order valence-electron chi connectivity index (χ3n) is 5.60. The van der Waals surface area contributed by atoms with Gasteiger partial charge in [0.25, 0.3) is 0 Å². The maximum atomic E-state index is 11.5. The molecule has 2 heteroatoms. The average molecular weight is 273 g/mol.